The number of aryl methyl sites for hydroxylation is 2. The molecule has 0 saturated heterocycles. The molecule has 2 N–H and O–H groups in total. The van der Waals surface area contributed by atoms with Crippen molar-refractivity contribution in [2.45, 2.75) is 40.7 Å². The van der Waals surface area contributed by atoms with E-state index in [1.807, 2.05) is 27.7 Å². The molecule has 0 amide bonds. The fraction of sp³-hybridized carbons (Fsp3) is 0.733. The Morgan fingerprint density at radius 3 is 2.44 bits per heavy atom. The molecule has 1 rings (SSSR count). The van der Waals surface area contributed by atoms with Crippen molar-refractivity contribution in [3.05, 3.63) is 15.6 Å². The first-order chi connectivity index (χ1) is 11.3. The van der Waals surface area contributed by atoms with E-state index in [0.717, 1.165) is 29.6 Å². The Hall–Kier alpha value is -0.460. The fourth-order valence-corrected chi connectivity index (χ4v) is 4.02. The van der Waals surface area contributed by atoms with Crippen molar-refractivity contribution in [3.8, 4) is 0 Å². The second-order valence-corrected chi connectivity index (χ2v) is 8.74. The molecule has 0 fully saturated rings. The molecule has 0 saturated carbocycles. The lowest BCUT2D eigenvalue weighted by Crippen LogP contribution is -2.39. The number of sulfonamides is 1. The summed E-state index contributed by atoms with van der Waals surface area (Å²) in [7, 11) is -3.12. The largest absolute Gasteiger partial charge is 0.357 e. The minimum atomic E-state index is -3.12. The third kappa shape index (κ3) is 9.15. The molecular weight excluding hydrogens is 473 g/mol. The normalized spacial score (nSPS) is 12.2. The Balaban J connectivity index is 0.00000576. The zero-order chi connectivity index (χ0) is 18.2. The highest BCUT2D eigenvalue weighted by Crippen LogP contribution is 2.17. The smallest absolute Gasteiger partial charge is 0.211 e. The molecule has 1 aromatic rings. The van der Waals surface area contributed by atoms with Crippen LogP contribution in [-0.2, 0) is 16.6 Å². The number of guanidine groups is 1. The van der Waals surface area contributed by atoms with Gasteiger partial charge in [-0.05, 0) is 27.2 Å². The molecule has 146 valence electrons. The number of nitrogens with zero attached hydrogens (tertiary/aromatic N) is 3. The van der Waals surface area contributed by atoms with E-state index in [4.69, 9.17) is 0 Å². The van der Waals surface area contributed by atoms with Gasteiger partial charge in [0.2, 0.25) is 10.0 Å². The van der Waals surface area contributed by atoms with Crippen LogP contribution in [0, 0.1) is 13.8 Å². The van der Waals surface area contributed by atoms with Crippen molar-refractivity contribution >= 4 is 51.3 Å². The van der Waals surface area contributed by atoms with E-state index >= 15 is 0 Å². The van der Waals surface area contributed by atoms with Crippen LogP contribution >= 0.6 is 35.3 Å². The lowest BCUT2D eigenvalue weighted by atomic mass is 10.4. The van der Waals surface area contributed by atoms with Crippen molar-refractivity contribution in [2.24, 2.45) is 4.99 Å². The summed E-state index contributed by atoms with van der Waals surface area (Å²) in [5.74, 6) is 0.741. The van der Waals surface area contributed by atoms with Crippen molar-refractivity contribution < 1.29 is 8.42 Å². The van der Waals surface area contributed by atoms with E-state index < -0.39 is 10.0 Å². The molecule has 0 radical (unpaired) electrons. The SMILES string of the molecule is CCNC(=NCc1sc(C)nc1C)NCCCN(CC)S(C)(=O)=O.I. The van der Waals surface area contributed by atoms with Crippen LogP contribution in [0.15, 0.2) is 4.99 Å². The zero-order valence-electron chi connectivity index (χ0n) is 15.6. The van der Waals surface area contributed by atoms with Crippen LogP contribution in [0.5, 0.6) is 0 Å². The van der Waals surface area contributed by atoms with Crippen molar-refractivity contribution in [1.29, 1.82) is 0 Å². The lowest BCUT2D eigenvalue weighted by Gasteiger charge is -2.18. The lowest BCUT2D eigenvalue weighted by molar-refractivity contribution is 0.424. The van der Waals surface area contributed by atoms with Crippen LogP contribution in [-0.4, -0.2) is 56.1 Å². The summed E-state index contributed by atoms with van der Waals surface area (Å²) in [5, 5.41) is 7.50. The van der Waals surface area contributed by atoms with E-state index in [9.17, 15) is 8.42 Å². The Morgan fingerprint density at radius 2 is 1.96 bits per heavy atom. The molecule has 1 heterocycles. The summed E-state index contributed by atoms with van der Waals surface area (Å²) in [6.07, 6.45) is 1.97. The number of rotatable bonds is 9. The number of aromatic nitrogens is 1. The molecule has 0 bridgehead atoms. The summed E-state index contributed by atoms with van der Waals surface area (Å²) in [4.78, 5) is 10.2. The maximum atomic E-state index is 11.6. The van der Waals surface area contributed by atoms with Crippen molar-refractivity contribution in [1.82, 2.24) is 19.9 Å². The maximum absolute atomic E-state index is 11.6. The first kappa shape index (κ1) is 24.5. The highest BCUT2D eigenvalue weighted by atomic mass is 127. The van der Waals surface area contributed by atoms with Gasteiger partial charge >= 0.3 is 0 Å². The highest BCUT2D eigenvalue weighted by Gasteiger charge is 2.13. The van der Waals surface area contributed by atoms with Gasteiger partial charge in [0.15, 0.2) is 5.96 Å². The molecule has 10 heteroatoms. The number of halogens is 1. The summed E-state index contributed by atoms with van der Waals surface area (Å²) in [6, 6.07) is 0. The maximum Gasteiger partial charge on any atom is 0.211 e. The molecular formula is C15H30IN5O2S2. The van der Waals surface area contributed by atoms with Crippen molar-refractivity contribution in [3.63, 3.8) is 0 Å². The van der Waals surface area contributed by atoms with Crippen LogP contribution < -0.4 is 10.6 Å². The van der Waals surface area contributed by atoms with Crippen LogP contribution in [0.1, 0.15) is 35.8 Å². The molecule has 25 heavy (non-hydrogen) atoms. The monoisotopic (exact) mass is 503 g/mol. The van der Waals surface area contributed by atoms with E-state index in [-0.39, 0.29) is 24.0 Å². The molecule has 1 aromatic heterocycles. The Kier molecular flexibility index (Phi) is 11.8. The van der Waals surface area contributed by atoms with Crippen LogP contribution in [0.3, 0.4) is 0 Å². The molecule has 0 aromatic carbocycles. The van der Waals surface area contributed by atoms with Gasteiger partial charge in [-0.3, -0.25) is 0 Å². The van der Waals surface area contributed by atoms with Crippen LogP contribution in [0.25, 0.3) is 0 Å². The third-order valence-corrected chi connectivity index (χ3v) is 5.86. The van der Waals surface area contributed by atoms with E-state index in [2.05, 4.69) is 20.6 Å². The van der Waals surface area contributed by atoms with E-state index in [1.165, 1.54) is 15.4 Å². The standard InChI is InChI=1S/C15H29N5O2S2.HI/c1-6-16-15(18-11-14-12(3)19-13(4)23-14)17-9-8-10-20(7-2)24(5,21)22;/h6-11H2,1-5H3,(H2,16,17,18);1H. The van der Waals surface area contributed by atoms with Crippen molar-refractivity contribution in [2.75, 3.05) is 32.4 Å². The predicted octanol–water partition coefficient (Wildman–Crippen LogP) is 2.10. The Labute approximate surface area is 172 Å². The van der Waals surface area contributed by atoms with Gasteiger partial charge in [-0.1, -0.05) is 6.92 Å². The highest BCUT2D eigenvalue weighted by molar-refractivity contribution is 14.0. The average Bonchev–Trinajstić information content (AvgIpc) is 2.81. The first-order valence-electron chi connectivity index (χ1n) is 8.18. The number of nitrogens with one attached hydrogen (secondary N) is 2. The van der Waals surface area contributed by atoms with Crippen LogP contribution in [0.2, 0.25) is 0 Å². The molecule has 0 unspecified atom stereocenters. The first-order valence-corrected chi connectivity index (χ1v) is 10.8. The molecule has 0 spiro atoms. The topological polar surface area (TPSA) is 86.7 Å². The molecule has 0 aliphatic heterocycles. The van der Waals surface area contributed by atoms with Gasteiger partial charge in [0.05, 0.1) is 23.5 Å². The predicted molar refractivity (Wildman–Crippen MR) is 117 cm³/mol. The second-order valence-electron chi connectivity index (χ2n) is 5.47. The Morgan fingerprint density at radius 1 is 1.28 bits per heavy atom. The molecule has 0 atom stereocenters. The minimum Gasteiger partial charge on any atom is -0.357 e. The van der Waals surface area contributed by atoms with Gasteiger partial charge < -0.3 is 10.6 Å². The van der Waals surface area contributed by atoms with Gasteiger partial charge in [-0.15, -0.1) is 35.3 Å². The van der Waals surface area contributed by atoms with Gasteiger partial charge in [0.1, 0.15) is 0 Å². The minimum absolute atomic E-state index is 0. The summed E-state index contributed by atoms with van der Waals surface area (Å²) in [6.45, 7) is 10.9. The number of aliphatic imine (C=N–C) groups is 1. The number of hydrogen-bond acceptors (Lipinski definition) is 5. The Bertz CT molecular complexity index is 646. The quantitative estimate of drug-likeness (QED) is 0.233. The van der Waals surface area contributed by atoms with E-state index in [0.29, 0.717) is 26.2 Å². The van der Waals surface area contributed by atoms with Gasteiger partial charge in [-0.25, -0.2) is 22.7 Å². The summed E-state index contributed by atoms with van der Waals surface area (Å²) >= 11 is 1.67. The van der Waals surface area contributed by atoms with Gasteiger partial charge in [-0.2, -0.15) is 0 Å². The second kappa shape index (κ2) is 12.0. The summed E-state index contributed by atoms with van der Waals surface area (Å²) < 4.78 is 24.6. The number of hydrogen-bond donors (Lipinski definition) is 2. The fourth-order valence-electron chi connectivity index (χ4n) is 2.23. The van der Waals surface area contributed by atoms with E-state index in [1.54, 1.807) is 11.3 Å². The van der Waals surface area contributed by atoms with Crippen LogP contribution in [0.4, 0.5) is 0 Å². The number of thiazole rings is 1. The molecule has 0 aliphatic rings. The summed E-state index contributed by atoms with van der Waals surface area (Å²) in [5.41, 5.74) is 1.03. The third-order valence-electron chi connectivity index (χ3n) is 3.42. The zero-order valence-corrected chi connectivity index (χ0v) is 19.6. The van der Waals surface area contributed by atoms with Gasteiger partial charge in [0.25, 0.3) is 0 Å². The average molecular weight is 503 g/mol. The molecule has 0 aliphatic carbocycles. The molecule has 7 nitrogen and oxygen atoms in total. The van der Waals surface area contributed by atoms with Gasteiger partial charge in [0, 0.05) is 31.1 Å².